The third kappa shape index (κ3) is 4.23. The minimum absolute atomic E-state index is 0.373. The minimum Gasteiger partial charge on any atom is -0.760 e. The number of carbonyl (C=O) groups excluding carboxylic acids is 1. The lowest BCUT2D eigenvalue weighted by Crippen LogP contribution is -2.42. The van der Waals surface area contributed by atoms with Crippen LogP contribution < -0.4 is 4.72 Å². The van der Waals surface area contributed by atoms with Crippen LogP contribution in [0.25, 0.3) is 0 Å². The van der Waals surface area contributed by atoms with Gasteiger partial charge < -0.3 is 9.35 Å². The lowest BCUT2D eigenvalue weighted by molar-refractivity contribution is -0.111. The van der Waals surface area contributed by atoms with E-state index in [1.165, 1.54) is 0 Å². The molecule has 0 spiro atoms. The van der Waals surface area contributed by atoms with Crippen LogP contribution in [0.4, 0.5) is 0 Å². The summed E-state index contributed by atoms with van der Waals surface area (Å²) in [4.78, 5) is 10.4. The summed E-state index contributed by atoms with van der Waals surface area (Å²) in [5.74, 6) is 0. The van der Waals surface area contributed by atoms with Crippen LogP contribution in [0.5, 0.6) is 0 Å². The Bertz CT molecular complexity index is 164. The van der Waals surface area contributed by atoms with Crippen molar-refractivity contribution in [2.24, 2.45) is 5.41 Å². The Labute approximate surface area is 68.8 Å². The summed E-state index contributed by atoms with van der Waals surface area (Å²) in [6.45, 7) is 5.35. The molecular weight excluding hydrogens is 166 g/mol. The van der Waals surface area contributed by atoms with Crippen molar-refractivity contribution in [2.75, 3.05) is 0 Å². The maximum atomic E-state index is 10.4. The molecule has 0 aromatic rings. The van der Waals surface area contributed by atoms with Crippen molar-refractivity contribution in [3.63, 3.8) is 0 Å². The second kappa shape index (κ2) is 3.94. The molecule has 0 aliphatic carbocycles. The molecule has 0 aliphatic heterocycles. The first-order valence-corrected chi connectivity index (χ1v) is 4.26. The molecule has 11 heavy (non-hydrogen) atoms. The molecule has 5 heteroatoms. The molecule has 0 saturated heterocycles. The zero-order valence-corrected chi connectivity index (χ0v) is 7.60. The minimum atomic E-state index is -2.37. The third-order valence-corrected chi connectivity index (χ3v) is 1.74. The Balaban J connectivity index is 4.18. The molecular formula is C6H12NO3S-. The Hall–Kier alpha value is -0.260. The van der Waals surface area contributed by atoms with E-state index in [-0.39, 0.29) is 5.41 Å². The van der Waals surface area contributed by atoms with Crippen molar-refractivity contribution in [3.05, 3.63) is 0 Å². The van der Waals surface area contributed by atoms with Crippen LogP contribution in [-0.2, 0) is 16.1 Å². The summed E-state index contributed by atoms with van der Waals surface area (Å²) < 4.78 is 22.4. The maximum absolute atomic E-state index is 10.4. The summed E-state index contributed by atoms with van der Waals surface area (Å²) in [5, 5.41) is 0. The van der Waals surface area contributed by atoms with Crippen molar-refractivity contribution in [3.8, 4) is 0 Å². The zero-order valence-electron chi connectivity index (χ0n) is 6.79. The lowest BCUT2D eigenvalue weighted by atomic mass is 9.88. The molecule has 2 unspecified atom stereocenters. The second-order valence-corrected chi connectivity index (χ2v) is 4.04. The molecule has 0 aliphatic rings. The van der Waals surface area contributed by atoms with Gasteiger partial charge in [0, 0.05) is 11.3 Å². The van der Waals surface area contributed by atoms with E-state index in [0.29, 0.717) is 6.29 Å². The monoisotopic (exact) mass is 178 g/mol. The second-order valence-electron chi connectivity index (χ2n) is 3.33. The molecule has 0 amide bonds. The predicted octanol–water partition coefficient (Wildman–Crippen LogP) is -0.0163. The number of aldehydes is 1. The standard InChI is InChI=1S/C6H13NO3S/c1-6(2,3)5(4-8)7-11(9)10/h4-5,7H,1-3H3,(H,9,10)/p-1. The largest absolute Gasteiger partial charge is 0.760 e. The molecule has 0 radical (unpaired) electrons. The van der Waals surface area contributed by atoms with Crippen LogP contribution in [0.15, 0.2) is 0 Å². The van der Waals surface area contributed by atoms with Crippen molar-refractivity contribution in [1.82, 2.24) is 4.72 Å². The van der Waals surface area contributed by atoms with E-state index in [0.717, 1.165) is 0 Å². The van der Waals surface area contributed by atoms with Gasteiger partial charge >= 0.3 is 0 Å². The Morgan fingerprint density at radius 3 is 2.09 bits per heavy atom. The van der Waals surface area contributed by atoms with E-state index >= 15 is 0 Å². The van der Waals surface area contributed by atoms with Gasteiger partial charge in [-0.3, -0.25) is 4.21 Å². The molecule has 0 aromatic heterocycles. The van der Waals surface area contributed by atoms with Gasteiger partial charge in [0.1, 0.15) is 6.29 Å². The fraction of sp³-hybridized carbons (Fsp3) is 0.833. The Morgan fingerprint density at radius 2 is 2.00 bits per heavy atom. The molecule has 0 aromatic carbocycles. The number of hydrogen-bond donors (Lipinski definition) is 1. The molecule has 0 saturated carbocycles. The predicted molar refractivity (Wildman–Crippen MR) is 41.4 cm³/mol. The Kier molecular flexibility index (Phi) is 3.85. The van der Waals surface area contributed by atoms with Gasteiger partial charge in [0.15, 0.2) is 0 Å². The average molecular weight is 178 g/mol. The molecule has 1 N–H and O–H groups in total. The van der Waals surface area contributed by atoms with Gasteiger partial charge in [-0.1, -0.05) is 20.8 Å². The maximum Gasteiger partial charge on any atom is 0.138 e. The van der Waals surface area contributed by atoms with Crippen LogP contribution in [0.3, 0.4) is 0 Å². The van der Waals surface area contributed by atoms with Crippen LogP contribution in [-0.4, -0.2) is 21.1 Å². The van der Waals surface area contributed by atoms with E-state index in [1.807, 2.05) is 0 Å². The molecule has 66 valence electrons. The normalized spacial score (nSPS) is 17.5. The van der Waals surface area contributed by atoms with Crippen LogP contribution in [0, 0.1) is 5.41 Å². The number of rotatable bonds is 3. The van der Waals surface area contributed by atoms with Gasteiger partial charge in [-0.15, -0.1) is 0 Å². The molecule has 4 nitrogen and oxygen atoms in total. The first-order chi connectivity index (χ1) is 4.88. The van der Waals surface area contributed by atoms with Gasteiger partial charge in [0.05, 0.1) is 6.04 Å². The van der Waals surface area contributed by atoms with E-state index in [4.69, 9.17) is 0 Å². The first-order valence-electron chi connectivity index (χ1n) is 3.18. The van der Waals surface area contributed by atoms with Crippen molar-refractivity contribution >= 4 is 17.6 Å². The zero-order chi connectivity index (χ0) is 9.07. The average Bonchev–Trinajstić information content (AvgIpc) is 1.79. The van der Waals surface area contributed by atoms with Crippen molar-refractivity contribution in [2.45, 2.75) is 26.8 Å². The van der Waals surface area contributed by atoms with Gasteiger partial charge in [0.25, 0.3) is 0 Å². The van der Waals surface area contributed by atoms with Crippen molar-refractivity contribution in [1.29, 1.82) is 0 Å². The fourth-order valence-corrected chi connectivity index (χ4v) is 1.13. The van der Waals surface area contributed by atoms with Gasteiger partial charge in [-0.25, -0.2) is 4.72 Å². The Morgan fingerprint density at radius 1 is 1.55 bits per heavy atom. The number of hydrogen-bond acceptors (Lipinski definition) is 3. The van der Waals surface area contributed by atoms with Crippen LogP contribution >= 0.6 is 0 Å². The number of carbonyl (C=O) groups is 1. The highest BCUT2D eigenvalue weighted by atomic mass is 32.2. The first kappa shape index (κ1) is 10.7. The lowest BCUT2D eigenvalue weighted by Gasteiger charge is -2.27. The summed E-state index contributed by atoms with van der Waals surface area (Å²) in [7, 11) is 0. The van der Waals surface area contributed by atoms with E-state index in [9.17, 15) is 13.6 Å². The molecule has 0 fully saturated rings. The molecule has 0 rings (SSSR count). The highest BCUT2D eigenvalue weighted by Gasteiger charge is 2.23. The molecule has 0 bridgehead atoms. The van der Waals surface area contributed by atoms with E-state index in [1.54, 1.807) is 20.8 Å². The highest BCUT2D eigenvalue weighted by Crippen LogP contribution is 2.17. The van der Waals surface area contributed by atoms with Gasteiger partial charge in [0.2, 0.25) is 0 Å². The van der Waals surface area contributed by atoms with E-state index in [2.05, 4.69) is 4.72 Å². The van der Waals surface area contributed by atoms with Gasteiger partial charge in [-0.2, -0.15) is 0 Å². The summed E-state index contributed by atoms with van der Waals surface area (Å²) >= 11 is -2.37. The van der Waals surface area contributed by atoms with Gasteiger partial charge in [-0.05, 0) is 5.41 Å². The van der Waals surface area contributed by atoms with Crippen LogP contribution in [0.2, 0.25) is 0 Å². The quantitative estimate of drug-likeness (QED) is 0.488. The highest BCUT2D eigenvalue weighted by molar-refractivity contribution is 7.77. The third-order valence-electron chi connectivity index (χ3n) is 1.29. The molecule has 2 atom stereocenters. The smallest absolute Gasteiger partial charge is 0.138 e. The summed E-state index contributed by atoms with van der Waals surface area (Å²) in [6.07, 6.45) is 0.593. The fourth-order valence-electron chi connectivity index (χ4n) is 0.512. The van der Waals surface area contributed by atoms with Crippen molar-refractivity contribution < 1.29 is 13.6 Å². The van der Waals surface area contributed by atoms with Crippen LogP contribution in [0.1, 0.15) is 20.8 Å². The molecule has 0 heterocycles. The SMILES string of the molecule is CC(C)(C)C(C=O)NS(=O)[O-]. The van der Waals surface area contributed by atoms with E-state index < -0.39 is 17.3 Å². The topological polar surface area (TPSA) is 69.2 Å². The number of nitrogens with one attached hydrogen (secondary N) is 1. The summed E-state index contributed by atoms with van der Waals surface area (Å²) in [6, 6.07) is -0.652. The summed E-state index contributed by atoms with van der Waals surface area (Å²) in [5.41, 5.74) is -0.373.